The zero-order valence-corrected chi connectivity index (χ0v) is 16.1. The first-order valence-corrected chi connectivity index (χ1v) is 9.83. The van der Waals surface area contributed by atoms with Crippen molar-refractivity contribution in [3.8, 4) is 5.75 Å². The van der Waals surface area contributed by atoms with Crippen molar-refractivity contribution in [2.24, 2.45) is 0 Å². The Kier molecular flexibility index (Phi) is 5.97. The first kappa shape index (κ1) is 18.5. The van der Waals surface area contributed by atoms with E-state index in [0.717, 1.165) is 37.1 Å². The number of nitrogens with one attached hydrogen (secondary N) is 1. The molecule has 0 saturated heterocycles. The van der Waals surface area contributed by atoms with Crippen LogP contribution in [0.25, 0.3) is 0 Å². The molecule has 1 aliphatic carbocycles. The van der Waals surface area contributed by atoms with Gasteiger partial charge in [0.05, 0.1) is 0 Å². The molecular weight excluding hydrogens is 322 g/mol. The van der Waals surface area contributed by atoms with Gasteiger partial charge in [0.15, 0.2) is 6.10 Å². The van der Waals surface area contributed by atoms with Crippen molar-refractivity contribution >= 4 is 11.6 Å². The van der Waals surface area contributed by atoms with Gasteiger partial charge in [-0.25, -0.2) is 0 Å². The maximum atomic E-state index is 12.8. The first-order chi connectivity index (χ1) is 12.6. The highest BCUT2D eigenvalue weighted by Gasteiger charge is 2.20. The summed E-state index contributed by atoms with van der Waals surface area (Å²) in [4.78, 5) is 12.8. The first-order valence-electron chi connectivity index (χ1n) is 9.83. The highest BCUT2D eigenvalue weighted by atomic mass is 16.5. The van der Waals surface area contributed by atoms with Gasteiger partial charge in [0.2, 0.25) is 0 Å². The van der Waals surface area contributed by atoms with Crippen molar-refractivity contribution in [3.63, 3.8) is 0 Å². The summed E-state index contributed by atoms with van der Waals surface area (Å²) in [5, 5.41) is 3.12. The molecule has 1 amide bonds. The summed E-state index contributed by atoms with van der Waals surface area (Å²) < 4.78 is 6.08. The Morgan fingerprint density at radius 1 is 1.04 bits per heavy atom. The Bertz CT molecular complexity index is 760. The van der Waals surface area contributed by atoms with E-state index in [0.29, 0.717) is 0 Å². The van der Waals surface area contributed by atoms with Crippen LogP contribution < -0.4 is 10.1 Å². The van der Waals surface area contributed by atoms with E-state index in [-0.39, 0.29) is 5.91 Å². The van der Waals surface area contributed by atoms with Crippen molar-refractivity contribution in [2.75, 3.05) is 5.32 Å². The number of carbonyl (C=O) groups is 1. The van der Waals surface area contributed by atoms with Gasteiger partial charge in [-0.1, -0.05) is 44.2 Å². The fourth-order valence-corrected chi connectivity index (χ4v) is 3.73. The monoisotopic (exact) mass is 351 g/mol. The van der Waals surface area contributed by atoms with Crippen LogP contribution in [0.5, 0.6) is 5.75 Å². The molecule has 26 heavy (non-hydrogen) atoms. The van der Waals surface area contributed by atoms with Crippen LogP contribution in [-0.4, -0.2) is 12.0 Å². The number of anilines is 1. The molecule has 0 radical (unpaired) electrons. The maximum absolute atomic E-state index is 12.8. The molecule has 0 saturated carbocycles. The fraction of sp³-hybridized carbons (Fsp3) is 0.435. The van der Waals surface area contributed by atoms with E-state index in [4.69, 9.17) is 4.74 Å². The van der Waals surface area contributed by atoms with Crippen LogP contribution in [-0.2, 0) is 30.5 Å². The molecular formula is C23H29NO2. The average Bonchev–Trinajstić information content (AvgIpc) is 2.68. The van der Waals surface area contributed by atoms with Gasteiger partial charge in [-0.3, -0.25) is 4.79 Å². The van der Waals surface area contributed by atoms with E-state index in [2.05, 4.69) is 43.4 Å². The lowest BCUT2D eigenvalue weighted by Crippen LogP contribution is -2.31. The van der Waals surface area contributed by atoms with E-state index in [9.17, 15) is 4.79 Å². The Hall–Kier alpha value is -2.29. The quantitative estimate of drug-likeness (QED) is 0.786. The van der Waals surface area contributed by atoms with Crippen molar-refractivity contribution in [2.45, 2.75) is 65.4 Å². The van der Waals surface area contributed by atoms with Crippen molar-refractivity contribution in [3.05, 3.63) is 58.7 Å². The predicted octanol–water partition coefficient (Wildman–Crippen LogP) is 5.10. The third-order valence-electron chi connectivity index (χ3n) is 5.27. The fourth-order valence-electron chi connectivity index (χ4n) is 3.73. The number of hydrogen-bond acceptors (Lipinski definition) is 2. The molecule has 3 heteroatoms. The normalized spacial score (nSPS) is 14.4. The highest BCUT2D eigenvalue weighted by molar-refractivity contribution is 5.95. The second kappa shape index (κ2) is 8.39. The third kappa shape index (κ3) is 3.92. The topological polar surface area (TPSA) is 38.3 Å². The molecule has 3 nitrogen and oxygen atoms in total. The lowest BCUT2D eigenvalue weighted by molar-refractivity contribution is -0.122. The molecule has 3 rings (SSSR count). The molecule has 2 aromatic carbocycles. The molecule has 0 heterocycles. The number of rotatable bonds is 6. The summed E-state index contributed by atoms with van der Waals surface area (Å²) in [6, 6.07) is 12.4. The number of hydrogen-bond donors (Lipinski definition) is 1. The molecule has 0 unspecified atom stereocenters. The smallest absolute Gasteiger partial charge is 0.265 e. The summed E-state index contributed by atoms with van der Waals surface area (Å²) in [5.41, 5.74) is 5.93. The molecule has 1 atom stereocenters. The zero-order chi connectivity index (χ0) is 18.5. The molecule has 1 aliphatic rings. The van der Waals surface area contributed by atoms with E-state index in [1.54, 1.807) is 0 Å². The van der Waals surface area contributed by atoms with Gasteiger partial charge in [0.25, 0.3) is 5.91 Å². The molecule has 0 spiro atoms. The van der Waals surface area contributed by atoms with Crippen molar-refractivity contribution < 1.29 is 9.53 Å². The van der Waals surface area contributed by atoms with Crippen LogP contribution in [0.2, 0.25) is 0 Å². The van der Waals surface area contributed by atoms with Gasteiger partial charge in [0.1, 0.15) is 5.75 Å². The van der Waals surface area contributed by atoms with Gasteiger partial charge in [0, 0.05) is 5.69 Å². The molecule has 0 aliphatic heterocycles. The van der Waals surface area contributed by atoms with Crippen molar-refractivity contribution in [1.29, 1.82) is 0 Å². The van der Waals surface area contributed by atoms with Crippen LogP contribution in [0.1, 0.15) is 55.9 Å². The van der Waals surface area contributed by atoms with Crippen molar-refractivity contribution in [1.82, 2.24) is 0 Å². The number of para-hydroxylation sites is 1. The second-order valence-electron chi connectivity index (χ2n) is 7.01. The lowest BCUT2D eigenvalue weighted by atomic mass is 9.91. The molecule has 138 valence electrons. The third-order valence-corrected chi connectivity index (χ3v) is 5.27. The summed E-state index contributed by atoms with van der Waals surface area (Å²) in [6.45, 7) is 6.05. The second-order valence-corrected chi connectivity index (χ2v) is 7.01. The Balaban J connectivity index is 1.76. The molecule has 1 N–H and O–H groups in total. The predicted molar refractivity (Wildman–Crippen MR) is 107 cm³/mol. The van der Waals surface area contributed by atoms with Gasteiger partial charge in [-0.2, -0.15) is 0 Å². The van der Waals surface area contributed by atoms with E-state index < -0.39 is 6.10 Å². The number of benzene rings is 2. The van der Waals surface area contributed by atoms with E-state index >= 15 is 0 Å². The number of fused-ring (bicyclic) bond motifs is 1. The molecule has 0 bridgehead atoms. The Morgan fingerprint density at radius 2 is 1.69 bits per heavy atom. The standard InChI is InChI=1S/C23H29NO2/c1-4-17-11-8-12-18(5-2)22(17)24-23(25)16(3)26-21-15-9-13-19-10-6-7-14-20(19)21/h8-9,11-13,15-16H,4-7,10,14H2,1-3H3,(H,24,25)/t16-/m0/s1. The van der Waals surface area contributed by atoms with Crippen LogP contribution in [0.15, 0.2) is 36.4 Å². The van der Waals surface area contributed by atoms with Gasteiger partial charge in [-0.15, -0.1) is 0 Å². The number of ether oxygens (including phenoxy) is 1. The zero-order valence-electron chi connectivity index (χ0n) is 16.1. The van der Waals surface area contributed by atoms with Crippen LogP contribution in [0.3, 0.4) is 0 Å². The van der Waals surface area contributed by atoms with Crippen LogP contribution >= 0.6 is 0 Å². The minimum absolute atomic E-state index is 0.0889. The van der Waals surface area contributed by atoms with Gasteiger partial charge >= 0.3 is 0 Å². The molecule has 0 aromatic heterocycles. The SMILES string of the molecule is CCc1cccc(CC)c1NC(=O)[C@H](C)Oc1cccc2c1CCCC2. The molecule has 2 aromatic rings. The highest BCUT2D eigenvalue weighted by Crippen LogP contribution is 2.30. The maximum Gasteiger partial charge on any atom is 0.265 e. The summed E-state index contributed by atoms with van der Waals surface area (Å²) in [7, 11) is 0. The minimum atomic E-state index is -0.530. The number of aryl methyl sites for hydroxylation is 3. The average molecular weight is 351 g/mol. The number of carbonyl (C=O) groups excluding carboxylic acids is 1. The Labute approximate surface area is 156 Å². The van der Waals surface area contributed by atoms with Crippen LogP contribution in [0, 0.1) is 0 Å². The van der Waals surface area contributed by atoms with E-state index in [1.807, 2.05) is 19.1 Å². The minimum Gasteiger partial charge on any atom is -0.481 e. The summed E-state index contributed by atoms with van der Waals surface area (Å²) in [6.07, 6.45) is 5.83. The Morgan fingerprint density at radius 3 is 2.38 bits per heavy atom. The van der Waals surface area contributed by atoms with Crippen LogP contribution in [0.4, 0.5) is 5.69 Å². The van der Waals surface area contributed by atoms with Gasteiger partial charge in [-0.05, 0) is 73.8 Å². The molecule has 0 fully saturated rings. The van der Waals surface area contributed by atoms with E-state index in [1.165, 1.54) is 35.1 Å². The lowest BCUT2D eigenvalue weighted by Gasteiger charge is -2.22. The van der Waals surface area contributed by atoms with Gasteiger partial charge < -0.3 is 10.1 Å². The summed E-state index contributed by atoms with van der Waals surface area (Å²) in [5.74, 6) is 0.776. The summed E-state index contributed by atoms with van der Waals surface area (Å²) >= 11 is 0. The number of amides is 1. The largest absolute Gasteiger partial charge is 0.481 e.